The zero-order valence-electron chi connectivity index (χ0n) is 11.2. The second-order valence-corrected chi connectivity index (χ2v) is 4.00. The number of hydrogen-bond donors (Lipinski definition) is 0. The molecule has 1 aromatic carbocycles. The highest BCUT2D eigenvalue weighted by Crippen LogP contribution is 2.09. The van der Waals surface area contributed by atoms with E-state index in [0.29, 0.717) is 0 Å². The minimum Gasteiger partial charge on any atom is -0.468 e. The summed E-state index contributed by atoms with van der Waals surface area (Å²) >= 11 is 0. The average Bonchev–Trinajstić information content (AvgIpc) is 2.47. The van der Waals surface area contributed by atoms with Crippen molar-refractivity contribution >= 4 is 11.9 Å². The van der Waals surface area contributed by atoms with Gasteiger partial charge in [-0.3, -0.25) is 9.59 Å². The van der Waals surface area contributed by atoms with Crippen LogP contribution in [0.2, 0.25) is 0 Å². The number of methoxy groups -OCH3 is 2. The first-order valence-electron chi connectivity index (χ1n) is 6.03. The van der Waals surface area contributed by atoms with Crippen molar-refractivity contribution < 1.29 is 19.1 Å². The number of carbonyl (C=O) groups excluding carboxylic acids is 2. The molecular weight excluding hydrogens is 244 g/mol. The zero-order valence-corrected chi connectivity index (χ0v) is 11.2. The fraction of sp³-hybridized carbons (Fsp3) is 0.333. The third kappa shape index (κ3) is 4.95. The number of rotatable bonds is 6. The lowest BCUT2D eigenvalue weighted by Gasteiger charge is -2.09. The molecule has 0 spiro atoms. The topological polar surface area (TPSA) is 52.6 Å². The fourth-order valence-electron chi connectivity index (χ4n) is 1.64. The van der Waals surface area contributed by atoms with E-state index in [1.54, 1.807) is 6.08 Å². The molecule has 0 unspecified atom stereocenters. The minimum atomic E-state index is -0.887. The van der Waals surface area contributed by atoms with Crippen molar-refractivity contribution in [2.45, 2.75) is 12.8 Å². The van der Waals surface area contributed by atoms with Crippen LogP contribution in [-0.4, -0.2) is 26.2 Å². The second kappa shape index (κ2) is 8.08. The van der Waals surface area contributed by atoms with Gasteiger partial charge in [0, 0.05) is 0 Å². The van der Waals surface area contributed by atoms with Gasteiger partial charge in [-0.1, -0.05) is 42.5 Å². The molecule has 4 heteroatoms. The second-order valence-electron chi connectivity index (χ2n) is 4.00. The first-order chi connectivity index (χ1) is 9.19. The predicted octanol–water partition coefficient (Wildman–Crippen LogP) is 2.14. The Morgan fingerprint density at radius 3 is 2.16 bits per heavy atom. The van der Waals surface area contributed by atoms with Crippen LogP contribution >= 0.6 is 0 Å². The van der Waals surface area contributed by atoms with Gasteiger partial charge in [0.1, 0.15) is 0 Å². The molecule has 19 heavy (non-hydrogen) atoms. The summed E-state index contributed by atoms with van der Waals surface area (Å²) in [5.41, 5.74) is 1.17. The molecule has 0 radical (unpaired) electrons. The van der Waals surface area contributed by atoms with Crippen molar-refractivity contribution in [2.24, 2.45) is 5.92 Å². The lowest BCUT2D eigenvalue weighted by atomic mass is 10.0. The summed E-state index contributed by atoms with van der Waals surface area (Å²) in [6.07, 6.45) is 4.77. The van der Waals surface area contributed by atoms with Crippen molar-refractivity contribution in [3.63, 3.8) is 0 Å². The fourth-order valence-corrected chi connectivity index (χ4v) is 1.64. The van der Waals surface area contributed by atoms with E-state index in [4.69, 9.17) is 0 Å². The van der Waals surface area contributed by atoms with E-state index < -0.39 is 17.9 Å². The maximum atomic E-state index is 11.4. The molecule has 0 saturated heterocycles. The molecule has 0 amide bonds. The van der Waals surface area contributed by atoms with Crippen molar-refractivity contribution in [3.05, 3.63) is 48.0 Å². The van der Waals surface area contributed by atoms with E-state index in [2.05, 4.69) is 9.47 Å². The lowest BCUT2D eigenvalue weighted by molar-refractivity contribution is -0.158. The molecule has 0 bridgehead atoms. The Morgan fingerprint density at radius 1 is 1.05 bits per heavy atom. The molecule has 0 N–H and O–H groups in total. The van der Waals surface area contributed by atoms with Crippen molar-refractivity contribution in [1.29, 1.82) is 0 Å². The Morgan fingerprint density at radius 2 is 1.63 bits per heavy atom. The molecule has 0 aliphatic carbocycles. The number of carbonyl (C=O) groups is 2. The first-order valence-corrected chi connectivity index (χ1v) is 6.03. The predicted molar refractivity (Wildman–Crippen MR) is 71.4 cm³/mol. The summed E-state index contributed by atoms with van der Waals surface area (Å²) < 4.78 is 9.15. The van der Waals surface area contributed by atoms with Gasteiger partial charge in [-0.25, -0.2) is 0 Å². The zero-order chi connectivity index (χ0) is 14.1. The van der Waals surface area contributed by atoms with Crippen LogP contribution in [0.3, 0.4) is 0 Å². The molecule has 102 valence electrons. The summed E-state index contributed by atoms with van der Waals surface area (Å²) in [4.78, 5) is 22.8. The highest BCUT2D eigenvalue weighted by Gasteiger charge is 2.26. The summed E-state index contributed by atoms with van der Waals surface area (Å²) in [7, 11) is 2.51. The minimum absolute atomic E-state index is 0.284. The molecule has 0 aromatic heterocycles. The van der Waals surface area contributed by atoms with Crippen LogP contribution in [0, 0.1) is 5.92 Å². The van der Waals surface area contributed by atoms with Crippen LogP contribution in [0.1, 0.15) is 12.0 Å². The molecule has 0 fully saturated rings. The largest absolute Gasteiger partial charge is 0.468 e. The molecule has 1 aromatic rings. The SMILES string of the molecule is COC(=O)C(C/C=C\Cc1ccccc1)C(=O)OC. The van der Waals surface area contributed by atoms with Gasteiger partial charge in [0.05, 0.1) is 14.2 Å². The number of allylic oxidation sites excluding steroid dienone is 2. The molecule has 0 saturated carbocycles. The summed E-state index contributed by atoms with van der Waals surface area (Å²) in [6, 6.07) is 9.92. The Balaban J connectivity index is 2.52. The number of benzene rings is 1. The first kappa shape index (κ1) is 15.0. The van der Waals surface area contributed by atoms with Crippen LogP contribution in [0.5, 0.6) is 0 Å². The Bertz CT molecular complexity index is 421. The van der Waals surface area contributed by atoms with Gasteiger partial charge < -0.3 is 9.47 Å². The summed E-state index contributed by atoms with van der Waals surface area (Å²) in [5, 5.41) is 0. The van der Waals surface area contributed by atoms with E-state index in [0.717, 1.165) is 6.42 Å². The Kier molecular flexibility index (Phi) is 6.36. The van der Waals surface area contributed by atoms with E-state index >= 15 is 0 Å². The van der Waals surface area contributed by atoms with Gasteiger partial charge in [-0.15, -0.1) is 0 Å². The average molecular weight is 262 g/mol. The monoisotopic (exact) mass is 262 g/mol. The van der Waals surface area contributed by atoms with Crippen LogP contribution in [0.25, 0.3) is 0 Å². The van der Waals surface area contributed by atoms with Gasteiger partial charge in [-0.05, 0) is 18.4 Å². The van der Waals surface area contributed by atoms with Crippen LogP contribution in [-0.2, 0) is 25.5 Å². The van der Waals surface area contributed by atoms with E-state index in [-0.39, 0.29) is 6.42 Å². The molecule has 4 nitrogen and oxygen atoms in total. The van der Waals surface area contributed by atoms with Gasteiger partial charge in [0.15, 0.2) is 5.92 Å². The van der Waals surface area contributed by atoms with E-state index in [1.807, 2.05) is 36.4 Å². The standard InChI is InChI=1S/C15H18O4/c1-18-14(16)13(15(17)19-2)11-7-6-10-12-8-4-3-5-9-12/h3-9,13H,10-11H2,1-2H3/b7-6-. The van der Waals surface area contributed by atoms with Gasteiger partial charge in [0.2, 0.25) is 0 Å². The third-order valence-electron chi connectivity index (χ3n) is 2.71. The molecular formula is C15H18O4. The van der Waals surface area contributed by atoms with Crippen molar-refractivity contribution in [1.82, 2.24) is 0 Å². The summed E-state index contributed by atoms with van der Waals surface area (Å²) in [6.45, 7) is 0. The maximum Gasteiger partial charge on any atom is 0.320 e. The van der Waals surface area contributed by atoms with Crippen LogP contribution in [0.4, 0.5) is 0 Å². The lowest BCUT2D eigenvalue weighted by Crippen LogP contribution is -2.25. The van der Waals surface area contributed by atoms with Gasteiger partial charge >= 0.3 is 11.9 Å². The van der Waals surface area contributed by atoms with Gasteiger partial charge in [-0.2, -0.15) is 0 Å². The van der Waals surface area contributed by atoms with E-state index in [1.165, 1.54) is 19.8 Å². The Hall–Kier alpha value is -2.10. The molecule has 0 aliphatic rings. The van der Waals surface area contributed by atoms with Crippen LogP contribution < -0.4 is 0 Å². The molecule has 0 aliphatic heterocycles. The van der Waals surface area contributed by atoms with Gasteiger partial charge in [0.25, 0.3) is 0 Å². The molecule has 0 atom stereocenters. The molecule has 1 rings (SSSR count). The highest BCUT2D eigenvalue weighted by atomic mass is 16.5. The third-order valence-corrected chi connectivity index (χ3v) is 2.71. The quantitative estimate of drug-likeness (QED) is 0.448. The number of esters is 2. The number of ether oxygens (including phenoxy) is 2. The smallest absolute Gasteiger partial charge is 0.320 e. The van der Waals surface area contributed by atoms with Crippen molar-refractivity contribution in [3.8, 4) is 0 Å². The number of hydrogen-bond acceptors (Lipinski definition) is 4. The Labute approximate surface area is 113 Å². The summed E-state index contributed by atoms with van der Waals surface area (Å²) in [5.74, 6) is -2.03. The van der Waals surface area contributed by atoms with E-state index in [9.17, 15) is 9.59 Å². The van der Waals surface area contributed by atoms with Crippen molar-refractivity contribution in [2.75, 3.05) is 14.2 Å². The normalized spacial score (nSPS) is 10.7. The molecule has 0 heterocycles. The van der Waals surface area contributed by atoms with Crippen LogP contribution in [0.15, 0.2) is 42.5 Å². The highest BCUT2D eigenvalue weighted by molar-refractivity contribution is 5.94. The maximum absolute atomic E-state index is 11.4.